The van der Waals surface area contributed by atoms with E-state index in [9.17, 15) is 9.59 Å². The van der Waals surface area contributed by atoms with Gasteiger partial charge >= 0.3 is 5.97 Å². The lowest BCUT2D eigenvalue weighted by Gasteiger charge is -2.19. The number of hydrogen-bond donors (Lipinski definition) is 1. The summed E-state index contributed by atoms with van der Waals surface area (Å²) in [6.45, 7) is 3.50. The molecule has 1 N–H and O–H groups in total. The largest absolute Gasteiger partial charge is 0.480 e. The number of carboxylic acid groups (broad SMARTS) is 1. The molecule has 0 fully saturated rings. The average molecular weight is 261 g/mol. The lowest BCUT2D eigenvalue weighted by atomic mass is 10.2. The molecule has 0 aliphatic rings. The van der Waals surface area contributed by atoms with E-state index in [0.717, 1.165) is 0 Å². The fourth-order valence-electron chi connectivity index (χ4n) is 1.65. The third kappa shape index (κ3) is 3.78. The van der Waals surface area contributed by atoms with Crippen LogP contribution in [0.2, 0.25) is 0 Å². The molecule has 0 saturated carbocycles. The highest BCUT2D eigenvalue weighted by molar-refractivity contribution is 5.94. The van der Waals surface area contributed by atoms with Crippen LogP contribution < -0.4 is 0 Å². The molecular formula is C13H15N3O3. The highest BCUT2D eigenvalue weighted by atomic mass is 16.4. The van der Waals surface area contributed by atoms with Crippen molar-refractivity contribution in [3.63, 3.8) is 0 Å². The van der Waals surface area contributed by atoms with E-state index in [1.165, 1.54) is 17.0 Å². The van der Waals surface area contributed by atoms with Gasteiger partial charge in [-0.15, -0.1) is 0 Å². The number of aromatic nitrogens is 1. The summed E-state index contributed by atoms with van der Waals surface area (Å²) in [5.74, 6) is -1.50. The van der Waals surface area contributed by atoms with Crippen molar-refractivity contribution in [2.75, 3.05) is 13.1 Å². The molecule has 19 heavy (non-hydrogen) atoms. The van der Waals surface area contributed by atoms with Crippen molar-refractivity contribution in [3.8, 4) is 6.07 Å². The van der Waals surface area contributed by atoms with Gasteiger partial charge in [-0.2, -0.15) is 5.26 Å². The van der Waals surface area contributed by atoms with E-state index in [2.05, 4.69) is 4.98 Å². The maximum absolute atomic E-state index is 12.1. The summed E-state index contributed by atoms with van der Waals surface area (Å²) in [5.41, 5.74) is 1.02. The predicted molar refractivity (Wildman–Crippen MR) is 67.5 cm³/mol. The van der Waals surface area contributed by atoms with Crippen LogP contribution in [-0.4, -0.2) is 40.0 Å². The zero-order valence-electron chi connectivity index (χ0n) is 10.9. The van der Waals surface area contributed by atoms with Crippen molar-refractivity contribution < 1.29 is 14.7 Å². The smallest absolute Gasteiger partial charge is 0.323 e. The molecule has 0 unspecified atom stereocenters. The Bertz CT molecular complexity index is 534. The Kier molecular flexibility index (Phi) is 5.01. The molecule has 0 radical (unpaired) electrons. The van der Waals surface area contributed by atoms with E-state index in [1.54, 1.807) is 6.92 Å². The van der Waals surface area contributed by atoms with Gasteiger partial charge in [0.15, 0.2) is 0 Å². The molecule has 0 atom stereocenters. The number of carbonyl (C=O) groups excluding carboxylic acids is 1. The van der Waals surface area contributed by atoms with E-state index < -0.39 is 11.9 Å². The lowest BCUT2D eigenvalue weighted by Crippen LogP contribution is -2.36. The van der Waals surface area contributed by atoms with Gasteiger partial charge in [0, 0.05) is 6.54 Å². The highest BCUT2D eigenvalue weighted by Crippen LogP contribution is 2.08. The second kappa shape index (κ2) is 6.50. The molecule has 0 aliphatic heterocycles. The number of carboxylic acids is 1. The number of aryl methyl sites for hydroxylation is 1. The number of hydrogen-bond acceptors (Lipinski definition) is 4. The summed E-state index contributed by atoms with van der Waals surface area (Å²) < 4.78 is 0. The first-order valence-electron chi connectivity index (χ1n) is 5.88. The summed E-state index contributed by atoms with van der Waals surface area (Å²) in [6, 6.07) is 4.92. The fraction of sp³-hybridized carbons (Fsp3) is 0.385. The van der Waals surface area contributed by atoms with Crippen LogP contribution in [0, 0.1) is 18.3 Å². The number of carbonyl (C=O) groups is 2. The molecule has 1 aromatic rings. The van der Waals surface area contributed by atoms with Crippen molar-refractivity contribution in [3.05, 3.63) is 29.1 Å². The topological polar surface area (TPSA) is 94.3 Å². The first-order valence-corrected chi connectivity index (χ1v) is 5.88. The van der Waals surface area contributed by atoms with Crippen LogP contribution in [0.3, 0.4) is 0 Å². The zero-order valence-corrected chi connectivity index (χ0v) is 10.9. The molecule has 1 heterocycles. The Hall–Kier alpha value is -2.42. The summed E-state index contributed by atoms with van der Waals surface area (Å²) in [7, 11) is 0. The third-order valence-corrected chi connectivity index (χ3v) is 2.53. The normalized spacial score (nSPS) is 9.74. The SMILES string of the molecule is CCCN(CC(=O)O)C(=O)c1ccc(C#N)c(C)n1. The Morgan fingerprint density at radius 1 is 1.47 bits per heavy atom. The molecule has 0 aromatic carbocycles. The van der Waals surface area contributed by atoms with Gasteiger partial charge in [-0.1, -0.05) is 6.92 Å². The van der Waals surface area contributed by atoms with Gasteiger partial charge in [-0.05, 0) is 25.5 Å². The van der Waals surface area contributed by atoms with Crippen LogP contribution in [0.4, 0.5) is 0 Å². The first kappa shape index (κ1) is 14.6. The Balaban J connectivity index is 2.99. The molecule has 1 rings (SSSR count). The summed E-state index contributed by atoms with van der Waals surface area (Å²) >= 11 is 0. The van der Waals surface area contributed by atoms with Crippen molar-refractivity contribution >= 4 is 11.9 Å². The number of nitriles is 1. The Labute approximate surface area is 111 Å². The van der Waals surface area contributed by atoms with Crippen LogP contribution in [0.5, 0.6) is 0 Å². The van der Waals surface area contributed by atoms with Crippen LogP contribution in [0.15, 0.2) is 12.1 Å². The maximum atomic E-state index is 12.1. The van der Waals surface area contributed by atoms with Gasteiger partial charge in [0.2, 0.25) is 0 Å². The van der Waals surface area contributed by atoms with Crippen molar-refractivity contribution in [2.24, 2.45) is 0 Å². The van der Waals surface area contributed by atoms with E-state index in [1.807, 2.05) is 13.0 Å². The Morgan fingerprint density at radius 2 is 2.16 bits per heavy atom. The van der Waals surface area contributed by atoms with Gasteiger partial charge in [-0.3, -0.25) is 9.59 Å². The van der Waals surface area contributed by atoms with Gasteiger partial charge < -0.3 is 10.0 Å². The maximum Gasteiger partial charge on any atom is 0.323 e. The number of amides is 1. The molecule has 0 spiro atoms. The van der Waals surface area contributed by atoms with E-state index in [-0.39, 0.29) is 12.2 Å². The van der Waals surface area contributed by atoms with Crippen LogP contribution in [0.25, 0.3) is 0 Å². The first-order chi connectivity index (χ1) is 8.99. The quantitative estimate of drug-likeness (QED) is 0.859. The fourth-order valence-corrected chi connectivity index (χ4v) is 1.65. The second-order valence-electron chi connectivity index (χ2n) is 4.06. The van der Waals surface area contributed by atoms with Gasteiger partial charge in [-0.25, -0.2) is 4.98 Å². The minimum absolute atomic E-state index is 0.159. The van der Waals surface area contributed by atoms with Gasteiger partial charge in [0.25, 0.3) is 5.91 Å². The molecule has 0 bridgehead atoms. The number of rotatable bonds is 5. The van der Waals surface area contributed by atoms with Crippen LogP contribution >= 0.6 is 0 Å². The molecule has 1 aromatic heterocycles. The zero-order chi connectivity index (χ0) is 14.4. The third-order valence-electron chi connectivity index (χ3n) is 2.53. The molecule has 0 aliphatic carbocycles. The Morgan fingerprint density at radius 3 is 2.63 bits per heavy atom. The standard InChI is InChI=1S/C13H15N3O3/c1-3-6-16(8-12(17)18)13(19)11-5-4-10(7-14)9(2)15-11/h4-5H,3,6,8H2,1-2H3,(H,17,18). The second-order valence-corrected chi connectivity index (χ2v) is 4.06. The highest BCUT2D eigenvalue weighted by Gasteiger charge is 2.19. The van der Waals surface area contributed by atoms with E-state index in [4.69, 9.17) is 10.4 Å². The van der Waals surface area contributed by atoms with E-state index in [0.29, 0.717) is 24.2 Å². The molecule has 100 valence electrons. The van der Waals surface area contributed by atoms with Gasteiger partial charge in [0.1, 0.15) is 18.3 Å². The number of nitrogens with zero attached hydrogens (tertiary/aromatic N) is 3. The van der Waals surface area contributed by atoms with Crippen LogP contribution in [0.1, 0.15) is 35.1 Å². The number of aliphatic carboxylic acids is 1. The monoisotopic (exact) mass is 261 g/mol. The van der Waals surface area contributed by atoms with Crippen molar-refractivity contribution in [2.45, 2.75) is 20.3 Å². The predicted octanol–water partition coefficient (Wildman–Crippen LogP) is 1.20. The van der Waals surface area contributed by atoms with E-state index >= 15 is 0 Å². The number of pyridine rings is 1. The molecule has 0 saturated heterocycles. The minimum atomic E-state index is -1.06. The average Bonchev–Trinajstić information content (AvgIpc) is 2.36. The molecule has 6 heteroatoms. The van der Waals surface area contributed by atoms with Crippen LogP contribution in [-0.2, 0) is 4.79 Å². The van der Waals surface area contributed by atoms with Crippen molar-refractivity contribution in [1.29, 1.82) is 5.26 Å². The van der Waals surface area contributed by atoms with Crippen molar-refractivity contribution in [1.82, 2.24) is 9.88 Å². The van der Waals surface area contributed by atoms with Gasteiger partial charge in [0.05, 0.1) is 11.3 Å². The summed E-state index contributed by atoms with van der Waals surface area (Å²) in [4.78, 5) is 28.1. The summed E-state index contributed by atoms with van der Waals surface area (Å²) in [6.07, 6.45) is 0.661. The summed E-state index contributed by atoms with van der Waals surface area (Å²) in [5, 5.41) is 17.6. The molecule has 1 amide bonds. The molecule has 6 nitrogen and oxygen atoms in total. The lowest BCUT2D eigenvalue weighted by molar-refractivity contribution is -0.137. The molecular weight excluding hydrogens is 246 g/mol. The minimum Gasteiger partial charge on any atom is -0.480 e.